The molecule has 0 aromatic rings. The van der Waals surface area contributed by atoms with Crippen molar-refractivity contribution in [1.82, 2.24) is 5.32 Å². The molecule has 0 aliphatic carbocycles. The van der Waals surface area contributed by atoms with Crippen LogP contribution in [0.25, 0.3) is 0 Å². The van der Waals surface area contributed by atoms with Gasteiger partial charge in [-0.15, -0.1) is 0 Å². The number of hydrogen-bond donors (Lipinski definition) is 7. The van der Waals surface area contributed by atoms with E-state index in [0.29, 0.717) is 19.3 Å². The van der Waals surface area contributed by atoms with Crippen LogP contribution in [0, 0.1) is 0 Å². The van der Waals surface area contributed by atoms with E-state index in [2.05, 4.69) is 43.5 Å². The van der Waals surface area contributed by atoms with Gasteiger partial charge in [0.1, 0.15) is 30.5 Å². The predicted octanol–water partition coefficient (Wildman–Crippen LogP) is 5.91. The Hall–Kier alpha value is -1.63. The number of rotatable bonds is 31. The lowest BCUT2D eigenvalue weighted by atomic mass is 9.99. The number of amides is 1. The first-order chi connectivity index (χ1) is 24.3. The van der Waals surface area contributed by atoms with Gasteiger partial charge in [-0.2, -0.15) is 0 Å². The van der Waals surface area contributed by atoms with E-state index in [1.165, 1.54) is 70.6 Å². The van der Waals surface area contributed by atoms with Gasteiger partial charge in [0, 0.05) is 0 Å². The summed E-state index contributed by atoms with van der Waals surface area (Å²) >= 11 is 0. The second kappa shape index (κ2) is 30.9. The molecule has 292 valence electrons. The number of allylic oxidation sites excluding steroid dienone is 5. The number of carbonyl (C=O) groups is 1. The van der Waals surface area contributed by atoms with E-state index in [0.717, 1.165) is 44.9 Å². The Morgan fingerprint density at radius 1 is 0.680 bits per heavy atom. The molecule has 1 saturated heterocycles. The van der Waals surface area contributed by atoms with Crippen LogP contribution in [-0.2, 0) is 14.3 Å². The van der Waals surface area contributed by atoms with E-state index in [1.54, 1.807) is 6.08 Å². The number of ether oxygens (including phenoxy) is 2. The van der Waals surface area contributed by atoms with E-state index in [1.807, 2.05) is 6.08 Å². The minimum Gasteiger partial charge on any atom is -0.394 e. The topological polar surface area (TPSA) is 169 Å². The standard InChI is InChI=1S/C40H73NO9/c1-3-5-7-9-11-13-14-15-16-17-18-19-21-22-24-26-28-33(43)32(31-49-40-38(47)37(46)36(45)35(30-42)50-40)41-39(48)34(44)29-27-25-23-20-12-10-8-6-4-2/h15-16,19,21,26,28,32-38,40,42-47H,3-14,17-18,20,22-25,27,29-31H2,1-2H3,(H,41,48)/b16-15+,21-19+,28-26+. The zero-order valence-corrected chi connectivity index (χ0v) is 31.3. The third kappa shape index (κ3) is 21.7. The van der Waals surface area contributed by atoms with Crippen LogP contribution in [0.4, 0.5) is 0 Å². The molecular formula is C40H73NO9. The summed E-state index contributed by atoms with van der Waals surface area (Å²) in [5.74, 6) is -0.636. The first kappa shape index (κ1) is 46.4. The summed E-state index contributed by atoms with van der Waals surface area (Å²) < 4.78 is 11.1. The second-order valence-electron chi connectivity index (χ2n) is 13.9. The van der Waals surface area contributed by atoms with Crippen LogP contribution in [0.3, 0.4) is 0 Å². The minimum atomic E-state index is -1.61. The van der Waals surface area contributed by atoms with E-state index < -0.39 is 61.5 Å². The molecule has 10 nitrogen and oxygen atoms in total. The summed E-state index contributed by atoms with van der Waals surface area (Å²) in [6.07, 6.45) is 25.3. The van der Waals surface area contributed by atoms with E-state index in [-0.39, 0.29) is 6.61 Å². The molecule has 1 heterocycles. The van der Waals surface area contributed by atoms with Crippen molar-refractivity contribution in [2.24, 2.45) is 0 Å². The molecule has 10 heteroatoms. The van der Waals surface area contributed by atoms with Gasteiger partial charge in [-0.05, 0) is 44.9 Å². The van der Waals surface area contributed by atoms with E-state index >= 15 is 0 Å². The van der Waals surface area contributed by atoms with Crippen molar-refractivity contribution in [2.45, 2.75) is 198 Å². The van der Waals surface area contributed by atoms with Gasteiger partial charge in [0.05, 0.1) is 25.4 Å². The lowest BCUT2D eigenvalue weighted by Crippen LogP contribution is -2.60. The zero-order chi connectivity index (χ0) is 36.8. The highest BCUT2D eigenvalue weighted by Crippen LogP contribution is 2.22. The Labute approximate surface area is 303 Å². The Morgan fingerprint density at radius 3 is 1.74 bits per heavy atom. The van der Waals surface area contributed by atoms with Crippen LogP contribution in [0.1, 0.15) is 149 Å². The number of nitrogens with one attached hydrogen (secondary N) is 1. The lowest BCUT2D eigenvalue weighted by Gasteiger charge is -2.40. The molecule has 1 amide bonds. The van der Waals surface area contributed by atoms with Gasteiger partial charge < -0.3 is 45.4 Å². The number of hydrogen-bond acceptors (Lipinski definition) is 9. The van der Waals surface area contributed by atoms with Crippen molar-refractivity contribution >= 4 is 5.91 Å². The van der Waals surface area contributed by atoms with E-state index in [4.69, 9.17) is 9.47 Å². The van der Waals surface area contributed by atoms with Crippen molar-refractivity contribution in [3.8, 4) is 0 Å². The third-order valence-electron chi connectivity index (χ3n) is 9.30. The minimum absolute atomic E-state index is 0.301. The molecule has 0 radical (unpaired) electrons. The smallest absolute Gasteiger partial charge is 0.249 e. The fourth-order valence-electron chi connectivity index (χ4n) is 5.96. The number of unbranched alkanes of at least 4 members (excludes halogenated alkanes) is 16. The number of carbonyl (C=O) groups excluding carboxylic acids is 1. The van der Waals surface area contributed by atoms with Crippen molar-refractivity contribution in [1.29, 1.82) is 0 Å². The average Bonchev–Trinajstić information content (AvgIpc) is 3.11. The summed E-state index contributed by atoms with van der Waals surface area (Å²) in [7, 11) is 0. The Bertz CT molecular complexity index is 896. The SMILES string of the molecule is CCCCCCCC/C=C/CC/C=C/CC/C=C/C(O)C(COC1OC(CO)C(O)C(O)C1O)NC(=O)C(O)CCCCCCCCCCC. The van der Waals surface area contributed by atoms with Crippen molar-refractivity contribution in [2.75, 3.05) is 13.2 Å². The molecule has 1 rings (SSSR count). The first-order valence-electron chi connectivity index (χ1n) is 19.8. The molecule has 0 saturated carbocycles. The predicted molar refractivity (Wildman–Crippen MR) is 199 cm³/mol. The van der Waals surface area contributed by atoms with Gasteiger partial charge in [0.15, 0.2) is 6.29 Å². The van der Waals surface area contributed by atoms with Gasteiger partial charge >= 0.3 is 0 Å². The Kier molecular flexibility index (Phi) is 28.7. The molecule has 0 aromatic carbocycles. The summed E-state index contributed by atoms with van der Waals surface area (Å²) in [6, 6.07) is -0.998. The maximum absolute atomic E-state index is 12.9. The summed E-state index contributed by atoms with van der Waals surface area (Å²) in [6.45, 7) is 3.51. The highest BCUT2D eigenvalue weighted by Gasteiger charge is 2.44. The Balaban J connectivity index is 2.56. The van der Waals surface area contributed by atoms with E-state index in [9.17, 15) is 35.4 Å². The lowest BCUT2D eigenvalue weighted by molar-refractivity contribution is -0.302. The number of aliphatic hydroxyl groups excluding tert-OH is 6. The highest BCUT2D eigenvalue weighted by molar-refractivity contribution is 5.80. The molecule has 8 atom stereocenters. The second-order valence-corrected chi connectivity index (χ2v) is 13.9. The van der Waals surface area contributed by atoms with Crippen LogP contribution in [-0.4, -0.2) is 98.7 Å². The number of aliphatic hydroxyl groups is 6. The Morgan fingerprint density at radius 2 is 1.18 bits per heavy atom. The summed E-state index contributed by atoms with van der Waals surface area (Å²) in [5, 5.41) is 64.2. The third-order valence-corrected chi connectivity index (χ3v) is 9.30. The van der Waals surface area contributed by atoms with Crippen LogP contribution in [0.5, 0.6) is 0 Å². The van der Waals surface area contributed by atoms with Crippen LogP contribution in [0.2, 0.25) is 0 Å². The fourth-order valence-corrected chi connectivity index (χ4v) is 5.96. The molecule has 0 spiro atoms. The fraction of sp³-hybridized carbons (Fsp3) is 0.825. The van der Waals surface area contributed by atoms with Crippen molar-refractivity contribution in [3.63, 3.8) is 0 Å². The van der Waals surface area contributed by atoms with Crippen LogP contribution in [0.15, 0.2) is 36.5 Å². The van der Waals surface area contributed by atoms with Gasteiger partial charge in [0.2, 0.25) is 5.91 Å². The highest BCUT2D eigenvalue weighted by atomic mass is 16.7. The monoisotopic (exact) mass is 712 g/mol. The molecule has 1 fully saturated rings. The molecular weight excluding hydrogens is 638 g/mol. The first-order valence-corrected chi connectivity index (χ1v) is 19.8. The quantitative estimate of drug-likeness (QED) is 0.0342. The molecule has 8 unspecified atom stereocenters. The van der Waals surface area contributed by atoms with Gasteiger partial charge in [0.25, 0.3) is 0 Å². The van der Waals surface area contributed by atoms with Gasteiger partial charge in [-0.25, -0.2) is 0 Å². The van der Waals surface area contributed by atoms with Crippen molar-refractivity contribution < 1.29 is 44.9 Å². The largest absolute Gasteiger partial charge is 0.394 e. The normalized spacial score (nSPS) is 23.2. The molecule has 0 bridgehead atoms. The molecule has 0 aromatic heterocycles. The molecule has 1 aliphatic rings. The average molecular weight is 712 g/mol. The van der Waals surface area contributed by atoms with Crippen LogP contribution < -0.4 is 5.32 Å². The maximum Gasteiger partial charge on any atom is 0.249 e. The summed E-state index contributed by atoms with van der Waals surface area (Å²) in [4.78, 5) is 12.9. The van der Waals surface area contributed by atoms with Gasteiger partial charge in [-0.1, -0.05) is 140 Å². The summed E-state index contributed by atoms with van der Waals surface area (Å²) in [5.41, 5.74) is 0. The van der Waals surface area contributed by atoms with Crippen molar-refractivity contribution in [3.05, 3.63) is 36.5 Å². The van der Waals surface area contributed by atoms with Crippen LogP contribution >= 0.6 is 0 Å². The zero-order valence-electron chi connectivity index (χ0n) is 31.3. The molecule has 50 heavy (non-hydrogen) atoms. The molecule has 1 aliphatic heterocycles. The van der Waals surface area contributed by atoms with Gasteiger partial charge in [-0.3, -0.25) is 4.79 Å². The maximum atomic E-state index is 12.9. The molecule has 7 N–H and O–H groups in total.